The van der Waals surface area contributed by atoms with Crippen LogP contribution >= 0.6 is 11.6 Å². The summed E-state index contributed by atoms with van der Waals surface area (Å²) in [5, 5.41) is 11.7. The van der Waals surface area contributed by atoms with Crippen LogP contribution in [0.25, 0.3) is 0 Å². The smallest absolute Gasteiger partial charge is 0.236 e. The topological polar surface area (TPSA) is 66.4 Å². The van der Waals surface area contributed by atoms with E-state index in [1.807, 2.05) is 0 Å². The lowest BCUT2D eigenvalue weighted by atomic mass is 10.3. The number of hydrogen-bond acceptors (Lipinski definition) is 3. The Balaban J connectivity index is 2.45. The van der Waals surface area contributed by atoms with E-state index in [9.17, 15) is 9.00 Å². The summed E-state index contributed by atoms with van der Waals surface area (Å²) in [6.07, 6.45) is 0. The van der Waals surface area contributed by atoms with Gasteiger partial charge in [-0.2, -0.15) is 0 Å². The summed E-state index contributed by atoms with van der Waals surface area (Å²) in [5.74, 6) is -0.328. The van der Waals surface area contributed by atoms with Crippen molar-refractivity contribution in [1.82, 2.24) is 0 Å². The maximum atomic E-state index is 11.4. The van der Waals surface area contributed by atoms with Crippen LogP contribution in [-0.2, 0) is 15.6 Å². The fourth-order valence-electron chi connectivity index (χ4n) is 1.05. The molecule has 1 aromatic carbocycles. The molecule has 1 aromatic rings. The SMILES string of the molecule is O=C(CS(=O)CCO)Nc1ccc(Cl)cc1. The van der Waals surface area contributed by atoms with Crippen molar-refractivity contribution in [2.45, 2.75) is 0 Å². The van der Waals surface area contributed by atoms with E-state index in [0.29, 0.717) is 10.7 Å². The van der Waals surface area contributed by atoms with Gasteiger partial charge in [-0.05, 0) is 24.3 Å². The van der Waals surface area contributed by atoms with Crippen LogP contribution in [0, 0.1) is 0 Å². The molecule has 1 rings (SSSR count). The molecular weight excluding hydrogens is 250 g/mol. The number of hydrogen-bond donors (Lipinski definition) is 2. The summed E-state index contributed by atoms with van der Waals surface area (Å²) < 4.78 is 11.2. The van der Waals surface area contributed by atoms with Crippen LogP contribution in [0.1, 0.15) is 0 Å². The Morgan fingerprint density at radius 2 is 2.00 bits per heavy atom. The van der Waals surface area contributed by atoms with Crippen molar-refractivity contribution in [2.75, 3.05) is 23.4 Å². The van der Waals surface area contributed by atoms with Crippen molar-refractivity contribution in [3.63, 3.8) is 0 Å². The van der Waals surface area contributed by atoms with Gasteiger partial charge in [0.2, 0.25) is 5.91 Å². The Bertz CT molecular complexity index is 380. The highest BCUT2D eigenvalue weighted by atomic mass is 35.5. The van der Waals surface area contributed by atoms with E-state index in [-0.39, 0.29) is 24.0 Å². The van der Waals surface area contributed by atoms with Crippen LogP contribution in [0.15, 0.2) is 24.3 Å². The van der Waals surface area contributed by atoms with E-state index < -0.39 is 10.8 Å². The van der Waals surface area contributed by atoms with Gasteiger partial charge in [-0.15, -0.1) is 0 Å². The second-order valence-corrected chi connectivity index (χ2v) is 5.08. The van der Waals surface area contributed by atoms with Gasteiger partial charge >= 0.3 is 0 Å². The molecule has 0 aromatic heterocycles. The lowest BCUT2D eigenvalue weighted by molar-refractivity contribution is -0.113. The summed E-state index contributed by atoms with van der Waals surface area (Å²) in [5.41, 5.74) is 0.607. The van der Waals surface area contributed by atoms with E-state index in [1.165, 1.54) is 0 Å². The van der Waals surface area contributed by atoms with Crippen LogP contribution in [0.5, 0.6) is 0 Å². The van der Waals surface area contributed by atoms with Crippen molar-refractivity contribution < 1.29 is 14.1 Å². The molecule has 1 amide bonds. The van der Waals surface area contributed by atoms with Crippen LogP contribution in [0.2, 0.25) is 5.02 Å². The van der Waals surface area contributed by atoms with Crippen molar-refractivity contribution in [3.8, 4) is 0 Å². The number of amides is 1. The number of nitrogens with one attached hydrogen (secondary N) is 1. The van der Waals surface area contributed by atoms with Gasteiger partial charge in [-0.1, -0.05) is 11.6 Å². The second kappa shape index (κ2) is 6.62. The quantitative estimate of drug-likeness (QED) is 0.832. The first-order chi connectivity index (χ1) is 7.61. The summed E-state index contributed by atoms with van der Waals surface area (Å²) in [6.45, 7) is -0.180. The zero-order chi connectivity index (χ0) is 12.0. The maximum absolute atomic E-state index is 11.4. The molecule has 0 bridgehead atoms. The van der Waals surface area contributed by atoms with E-state index in [4.69, 9.17) is 16.7 Å². The molecular formula is C10H12ClNO3S. The second-order valence-electron chi connectivity index (χ2n) is 3.07. The van der Waals surface area contributed by atoms with Crippen molar-refractivity contribution >= 4 is 34.0 Å². The summed E-state index contributed by atoms with van der Waals surface area (Å²) in [7, 11) is -1.32. The van der Waals surface area contributed by atoms with Crippen LogP contribution < -0.4 is 5.32 Å². The molecule has 2 N–H and O–H groups in total. The number of aliphatic hydroxyl groups excluding tert-OH is 1. The van der Waals surface area contributed by atoms with Gasteiger partial charge in [0.05, 0.1) is 6.61 Å². The molecule has 0 spiro atoms. The molecule has 0 fully saturated rings. The Kier molecular flexibility index (Phi) is 5.45. The molecule has 0 heterocycles. The van der Waals surface area contributed by atoms with E-state index >= 15 is 0 Å². The lowest BCUT2D eigenvalue weighted by Gasteiger charge is -2.04. The normalized spacial score (nSPS) is 12.1. The van der Waals surface area contributed by atoms with E-state index in [1.54, 1.807) is 24.3 Å². The summed E-state index contributed by atoms with van der Waals surface area (Å²) in [6, 6.07) is 6.63. The van der Waals surface area contributed by atoms with Crippen LogP contribution in [0.4, 0.5) is 5.69 Å². The zero-order valence-electron chi connectivity index (χ0n) is 8.48. The predicted octanol–water partition coefficient (Wildman–Crippen LogP) is 1.02. The molecule has 1 atom stereocenters. The van der Waals surface area contributed by atoms with Crippen molar-refractivity contribution in [3.05, 3.63) is 29.3 Å². The minimum atomic E-state index is -1.32. The number of rotatable bonds is 5. The first-order valence-corrected chi connectivity index (χ1v) is 6.49. The lowest BCUT2D eigenvalue weighted by Crippen LogP contribution is -2.21. The van der Waals surface area contributed by atoms with Crippen molar-refractivity contribution in [2.24, 2.45) is 0 Å². The molecule has 88 valence electrons. The first kappa shape index (κ1) is 13.2. The molecule has 6 heteroatoms. The largest absolute Gasteiger partial charge is 0.395 e. The highest BCUT2D eigenvalue weighted by Crippen LogP contribution is 2.13. The molecule has 0 radical (unpaired) electrons. The van der Waals surface area contributed by atoms with E-state index in [2.05, 4.69) is 5.32 Å². The van der Waals surface area contributed by atoms with Gasteiger partial charge in [0.15, 0.2) is 0 Å². The van der Waals surface area contributed by atoms with Crippen molar-refractivity contribution in [1.29, 1.82) is 0 Å². The number of aliphatic hydroxyl groups is 1. The average molecular weight is 262 g/mol. The molecule has 16 heavy (non-hydrogen) atoms. The van der Waals surface area contributed by atoms with E-state index in [0.717, 1.165) is 0 Å². The molecule has 0 saturated heterocycles. The first-order valence-electron chi connectivity index (χ1n) is 4.63. The molecule has 0 saturated carbocycles. The minimum absolute atomic E-state index is 0.108. The van der Waals surface area contributed by atoms with Crippen LogP contribution in [-0.4, -0.2) is 33.3 Å². The minimum Gasteiger partial charge on any atom is -0.395 e. The molecule has 1 unspecified atom stereocenters. The summed E-state index contributed by atoms with van der Waals surface area (Å²) in [4.78, 5) is 11.4. The fourth-order valence-corrected chi connectivity index (χ4v) is 1.89. The van der Waals surface area contributed by atoms with Gasteiger partial charge in [0, 0.05) is 27.3 Å². The van der Waals surface area contributed by atoms with Gasteiger partial charge in [-0.25, -0.2) is 0 Å². The molecule has 0 aliphatic heterocycles. The fraction of sp³-hybridized carbons (Fsp3) is 0.300. The zero-order valence-corrected chi connectivity index (χ0v) is 10.1. The predicted molar refractivity (Wildman–Crippen MR) is 65.0 cm³/mol. The highest BCUT2D eigenvalue weighted by Gasteiger charge is 2.07. The highest BCUT2D eigenvalue weighted by molar-refractivity contribution is 7.85. The number of benzene rings is 1. The Morgan fingerprint density at radius 3 is 2.56 bits per heavy atom. The molecule has 0 aliphatic carbocycles. The summed E-state index contributed by atoms with van der Waals surface area (Å²) >= 11 is 5.68. The van der Waals surface area contributed by atoms with Gasteiger partial charge in [-0.3, -0.25) is 9.00 Å². The average Bonchev–Trinajstić information content (AvgIpc) is 2.21. The van der Waals surface area contributed by atoms with Gasteiger partial charge in [0.25, 0.3) is 0 Å². The van der Waals surface area contributed by atoms with Gasteiger partial charge < -0.3 is 10.4 Å². The maximum Gasteiger partial charge on any atom is 0.236 e. The standard InChI is InChI=1S/C10H12ClNO3S/c11-8-1-3-9(4-2-8)12-10(14)7-16(15)6-5-13/h1-4,13H,5-7H2,(H,12,14). The number of carbonyl (C=O) groups excluding carboxylic acids is 1. The molecule has 4 nitrogen and oxygen atoms in total. The van der Waals surface area contributed by atoms with Gasteiger partial charge in [0.1, 0.15) is 5.75 Å². The Morgan fingerprint density at radius 1 is 1.38 bits per heavy atom. The third-order valence-electron chi connectivity index (χ3n) is 1.74. The third-order valence-corrected chi connectivity index (χ3v) is 3.21. The monoisotopic (exact) mass is 261 g/mol. The number of anilines is 1. The Hall–Kier alpha value is -0.910. The molecule has 0 aliphatic rings. The number of halogens is 1. The Labute approximate surface area is 101 Å². The van der Waals surface area contributed by atoms with Crippen LogP contribution in [0.3, 0.4) is 0 Å². The number of carbonyl (C=O) groups is 1. The third kappa shape index (κ3) is 4.74.